The Balaban J connectivity index is 1.51. The standard InChI is InChI=1S/C29H35N3O4/c1-3-23-11-7-12-25(17-23)30-29(34)32(19-26-13-8-16-35-26)21-28(33)31(18-24-9-5-4-6-10-24)20-27-15-14-22(2)36-27/h4-7,9-12,14-15,17,26H,3,8,13,16,18-21H2,1-2H3,(H,30,34). The number of hydrogen-bond donors (Lipinski definition) is 1. The van der Waals surface area contributed by atoms with Crippen molar-refractivity contribution in [3.8, 4) is 0 Å². The molecule has 7 nitrogen and oxygen atoms in total. The molecule has 190 valence electrons. The van der Waals surface area contributed by atoms with Crippen LogP contribution in [0.3, 0.4) is 0 Å². The van der Waals surface area contributed by atoms with Gasteiger partial charge in [-0.05, 0) is 61.6 Å². The summed E-state index contributed by atoms with van der Waals surface area (Å²) in [6.45, 7) is 5.71. The molecule has 0 radical (unpaired) electrons. The Kier molecular flexibility index (Phi) is 8.79. The van der Waals surface area contributed by atoms with Crippen LogP contribution in [0.1, 0.15) is 42.4 Å². The summed E-state index contributed by atoms with van der Waals surface area (Å²) in [4.78, 5) is 30.3. The average Bonchev–Trinajstić information content (AvgIpc) is 3.55. The van der Waals surface area contributed by atoms with Gasteiger partial charge in [0.15, 0.2) is 0 Å². The van der Waals surface area contributed by atoms with Gasteiger partial charge >= 0.3 is 6.03 Å². The number of carbonyl (C=O) groups excluding carboxylic acids is 2. The van der Waals surface area contributed by atoms with Crippen LogP contribution in [0, 0.1) is 6.92 Å². The summed E-state index contributed by atoms with van der Waals surface area (Å²) >= 11 is 0. The number of amides is 3. The third kappa shape index (κ3) is 7.21. The van der Waals surface area contributed by atoms with E-state index in [1.807, 2.05) is 73.7 Å². The van der Waals surface area contributed by atoms with E-state index in [-0.39, 0.29) is 24.6 Å². The van der Waals surface area contributed by atoms with Crippen molar-refractivity contribution in [2.24, 2.45) is 0 Å². The van der Waals surface area contributed by atoms with E-state index in [2.05, 4.69) is 12.2 Å². The lowest BCUT2D eigenvalue weighted by Crippen LogP contribution is -2.46. The Bertz CT molecular complexity index is 1140. The molecule has 3 amide bonds. The van der Waals surface area contributed by atoms with Gasteiger partial charge < -0.3 is 24.3 Å². The van der Waals surface area contributed by atoms with Crippen molar-refractivity contribution in [2.75, 3.05) is 25.0 Å². The van der Waals surface area contributed by atoms with Gasteiger partial charge in [-0.1, -0.05) is 49.4 Å². The lowest BCUT2D eigenvalue weighted by Gasteiger charge is -2.29. The molecular formula is C29H35N3O4. The molecular weight excluding hydrogens is 454 g/mol. The number of benzene rings is 2. The molecule has 1 saturated heterocycles. The summed E-state index contributed by atoms with van der Waals surface area (Å²) < 4.78 is 11.6. The van der Waals surface area contributed by atoms with Gasteiger partial charge in [-0.25, -0.2) is 4.79 Å². The van der Waals surface area contributed by atoms with Gasteiger partial charge in [0.2, 0.25) is 5.91 Å². The topological polar surface area (TPSA) is 75.0 Å². The third-order valence-electron chi connectivity index (χ3n) is 6.36. The number of rotatable bonds is 10. The first-order chi connectivity index (χ1) is 17.5. The van der Waals surface area contributed by atoms with Crippen molar-refractivity contribution in [3.05, 3.63) is 89.4 Å². The molecule has 36 heavy (non-hydrogen) atoms. The van der Waals surface area contributed by atoms with E-state index in [9.17, 15) is 9.59 Å². The Labute approximate surface area is 213 Å². The summed E-state index contributed by atoms with van der Waals surface area (Å²) in [6, 6.07) is 21.1. The highest BCUT2D eigenvalue weighted by atomic mass is 16.5. The molecule has 1 aliphatic rings. The van der Waals surface area contributed by atoms with Crippen molar-refractivity contribution in [2.45, 2.75) is 52.3 Å². The van der Waals surface area contributed by atoms with Crippen molar-refractivity contribution in [1.82, 2.24) is 9.80 Å². The first kappa shape index (κ1) is 25.5. The summed E-state index contributed by atoms with van der Waals surface area (Å²) in [5.41, 5.74) is 2.87. The molecule has 4 rings (SSSR count). The summed E-state index contributed by atoms with van der Waals surface area (Å²) in [6.07, 6.45) is 2.65. The van der Waals surface area contributed by atoms with Crippen LogP contribution in [0.15, 0.2) is 71.1 Å². The zero-order valence-corrected chi connectivity index (χ0v) is 21.1. The van der Waals surface area contributed by atoms with Crippen LogP contribution in [0.4, 0.5) is 10.5 Å². The SMILES string of the molecule is CCc1cccc(NC(=O)N(CC(=O)N(Cc2ccccc2)Cc2ccc(C)o2)CC2CCCO2)c1. The minimum Gasteiger partial charge on any atom is -0.464 e. The highest BCUT2D eigenvalue weighted by molar-refractivity contribution is 5.92. The van der Waals surface area contributed by atoms with Crippen LogP contribution in [-0.4, -0.2) is 47.5 Å². The maximum Gasteiger partial charge on any atom is 0.322 e. The molecule has 1 N–H and O–H groups in total. The van der Waals surface area contributed by atoms with Crippen molar-refractivity contribution >= 4 is 17.6 Å². The second kappa shape index (κ2) is 12.4. The van der Waals surface area contributed by atoms with E-state index >= 15 is 0 Å². The molecule has 2 heterocycles. The second-order valence-electron chi connectivity index (χ2n) is 9.25. The molecule has 2 aromatic carbocycles. The Morgan fingerprint density at radius 3 is 2.47 bits per heavy atom. The first-order valence-corrected chi connectivity index (χ1v) is 12.6. The molecule has 1 fully saturated rings. The van der Waals surface area contributed by atoms with Crippen LogP contribution >= 0.6 is 0 Å². The number of carbonyl (C=O) groups is 2. The zero-order valence-electron chi connectivity index (χ0n) is 21.1. The van der Waals surface area contributed by atoms with Crippen molar-refractivity contribution in [1.29, 1.82) is 0 Å². The van der Waals surface area contributed by atoms with Crippen LogP contribution in [0.2, 0.25) is 0 Å². The van der Waals surface area contributed by atoms with Crippen molar-refractivity contribution in [3.63, 3.8) is 0 Å². The number of furan rings is 1. The van der Waals surface area contributed by atoms with Gasteiger partial charge in [0.05, 0.1) is 12.6 Å². The lowest BCUT2D eigenvalue weighted by atomic mass is 10.1. The second-order valence-corrected chi connectivity index (χ2v) is 9.25. The van der Waals surface area contributed by atoms with Crippen LogP contribution in [0.5, 0.6) is 0 Å². The highest BCUT2D eigenvalue weighted by Crippen LogP contribution is 2.18. The highest BCUT2D eigenvalue weighted by Gasteiger charge is 2.27. The van der Waals surface area contributed by atoms with Crippen LogP contribution < -0.4 is 5.32 Å². The molecule has 1 atom stereocenters. The number of aryl methyl sites for hydroxylation is 2. The quantitative estimate of drug-likeness (QED) is 0.414. The Morgan fingerprint density at radius 2 is 1.78 bits per heavy atom. The molecule has 7 heteroatoms. The molecule has 0 bridgehead atoms. The summed E-state index contributed by atoms with van der Waals surface area (Å²) in [5.74, 6) is 1.36. The smallest absolute Gasteiger partial charge is 0.322 e. The van der Waals surface area contributed by atoms with E-state index in [4.69, 9.17) is 9.15 Å². The molecule has 0 spiro atoms. The van der Waals surface area contributed by atoms with Crippen LogP contribution in [-0.2, 0) is 29.0 Å². The maximum atomic E-state index is 13.6. The number of ether oxygens (including phenoxy) is 1. The number of hydrogen-bond acceptors (Lipinski definition) is 4. The van der Waals surface area contributed by atoms with Gasteiger partial charge in [-0.3, -0.25) is 4.79 Å². The Hall–Kier alpha value is -3.58. The fourth-order valence-electron chi connectivity index (χ4n) is 4.38. The number of nitrogens with one attached hydrogen (secondary N) is 1. The maximum absolute atomic E-state index is 13.6. The lowest BCUT2D eigenvalue weighted by molar-refractivity contribution is -0.133. The van der Waals surface area contributed by atoms with E-state index < -0.39 is 0 Å². The van der Waals surface area contributed by atoms with E-state index in [0.717, 1.165) is 41.8 Å². The van der Waals surface area contributed by atoms with Gasteiger partial charge in [0.1, 0.15) is 18.1 Å². The fraction of sp³-hybridized carbons (Fsp3) is 0.379. The van der Waals surface area contributed by atoms with E-state index in [1.54, 1.807) is 9.80 Å². The normalized spacial score (nSPS) is 15.0. The van der Waals surface area contributed by atoms with E-state index in [1.165, 1.54) is 0 Å². The number of urea groups is 1. The monoisotopic (exact) mass is 489 g/mol. The first-order valence-electron chi connectivity index (χ1n) is 12.6. The summed E-state index contributed by atoms with van der Waals surface area (Å²) in [7, 11) is 0. The van der Waals surface area contributed by atoms with Gasteiger partial charge in [-0.15, -0.1) is 0 Å². The van der Waals surface area contributed by atoms with E-state index in [0.29, 0.717) is 32.0 Å². The average molecular weight is 490 g/mol. The predicted octanol–water partition coefficient (Wildman–Crippen LogP) is 5.39. The minimum atomic E-state index is -0.305. The summed E-state index contributed by atoms with van der Waals surface area (Å²) in [5, 5.41) is 2.98. The molecule has 1 aromatic heterocycles. The van der Waals surface area contributed by atoms with Crippen LogP contribution in [0.25, 0.3) is 0 Å². The fourth-order valence-corrected chi connectivity index (χ4v) is 4.38. The molecule has 0 saturated carbocycles. The zero-order chi connectivity index (χ0) is 25.3. The number of nitrogens with zero attached hydrogens (tertiary/aromatic N) is 2. The minimum absolute atomic E-state index is 0.0499. The molecule has 3 aromatic rings. The van der Waals surface area contributed by atoms with Gasteiger partial charge in [0, 0.05) is 25.4 Å². The van der Waals surface area contributed by atoms with Gasteiger partial charge in [-0.2, -0.15) is 0 Å². The predicted molar refractivity (Wildman–Crippen MR) is 140 cm³/mol. The van der Waals surface area contributed by atoms with Gasteiger partial charge in [0.25, 0.3) is 0 Å². The molecule has 1 unspecified atom stereocenters. The number of anilines is 1. The van der Waals surface area contributed by atoms with Crippen molar-refractivity contribution < 1.29 is 18.7 Å². The molecule has 0 aliphatic carbocycles. The molecule has 1 aliphatic heterocycles. The third-order valence-corrected chi connectivity index (χ3v) is 6.36. The largest absolute Gasteiger partial charge is 0.464 e. The Morgan fingerprint density at radius 1 is 0.972 bits per heavy atom.